The van der Waals surface area contributed by atoms with Crippen LogP contribution in [0.5, 0.6) is 0 Å². The van der Waals surface area contributed by atoms with E-state index in [4.69, 9.17) is 5.11 Å². The zero-order valence-corrected chi connectivity index (χ0v) is 8.15. The Morgan fingerprint density at radius 1 is 1.12 bits per heavy atom. The summed E-state index contributed by atoms with van der Waals surface area (Å²) in [5, 5.41) is 39.8. The molecule has 2 heterocycles. The number of rotatable bonds is 1. The van der Waals surface area contributed by atoms with Gasteiger partial charge in [0.1, 0.15) is 24.5 Å². The fourth-order valence-corrected chi connectivity index (χ4v) is 2.09. The molecular formula is C8H12N2O6. The fourth-order valence-electron chi connectivity index (χ4n) is 2.09. The van der Waals surface area contributed by atoms with E-state index in [-0.39, 0.29) is 0 Å². The minimum atomic E-state index is -1.52. The molecule has 0 radical (unpaired) electrons. The maximum Gasteiger partial charge on any atom is 0.314 e. The van der Waals surface area contributed by atoms with Crippen molar-refractivity contribution in [1.29, 1.82) is 0 Å². The number of aliphatic hydroxyl groups excluding tert-OH is 4. The minimum absolute atomic E-state index is 0.609. The lowest BCUT2D eigenvalue weighted by atomic mass is 9.92. The Hall–Kier alpha value is -1.22. The van der Waals surface area contributed by atoms with Crippen LogP contribution in [0.4, 0.5) is 0 Å². The summed E-state index contributed by atoms with van der Waals surface area (Å²) in [4.78, 5) is 23.4. The summed E-state index contributed by atoms with van der Waals surface area (Å²) in [6.45, 7) is -0.609. The summed E-state index contributed by atoms with van der Waals surface area (Å²) in [5.41, 5.74) is 0. The van der Waals surface area contributed by atoms with Crippen molar-refractivity contribution in [3.8, 4) is 0 Å². The molecule has 5 N–H and O–H groups in total. The Bertz CT molecular complexity index is 334. The van der Waals surface area contributed by atoms with Gasteiger partial charge >= 0.3 is 11.8 Å². The molecular weight excluding hydrogens is 220 g/mol. The number of amides is 2. The summed E-state index contributed by atoms with van der Waals surface area (Å²) in [6.07, 6.45) is -5.60. The Morgan fingerprint density at radius 3 is 2.31 bits per heavy atom. The quantitative estimate of drug-likeness (QED) is 0.291. The van der Waals surface area contributed by atoms with Crippen molar-refractivity contribution < 1.29 is 30.0 Å². The highest BCUT2D eigenvalue weighted by Crippen LogP contribution is 2.26. The highest BCUT2D eigenvalue weighted by Gasteiger charge is 2.54. The number of carbonyl (C=O) groups is 2. The van der Waals surface area contributed by atoms with Crippen LogP contribution in [0, 0.1) is 0 Å². The highest BCUT2D eigenvalue weighted by molar-refractivity contribution is 6.37. The molecule has 0 unspecified atom stereocenters. The van der Waals surface area contributed by atoms with Crippen LogP contribution in [0.15, 0.2) is 0 Å². The number of aliphatic hydroxyl groups is 4. The van der Waals surface area contributed by atoms with Crippen LogP contribution < -0.4 is 5.32 Å². The lowest BCUT2D eigenvalue weighted by molar-refractivity contribution is -0.175. The molecule has 2 aliphatic rings. The van der Waals surface area contributed by atoms with E-state index >= 15 is 0 Å². The molecule has 90 valence electrons. The molecule has 0 spiro atoms. The SMILES string of the molecule is O=C1N[C@@H]2[C@@H](O)[C@@H](O)[C@@H](O)[C@H](CO)N2C1=O. The number of carbonyl (C=O) groups excluding carboxylic acids is 2. The smallest absolute Gasteiger partial charge is 0.314 e. The summed E-state index contributed by atoms with van der Waals surface area (Å²) in [6, 6.07) is -1.10. The van der Waals surface area contributed by atoms with E-state index in [0.29, 0.717) is 0 Å². The molecule has 0 saturated carbocycles. The fraction of sp³-hybridized carbons (Fsp3) is 0.750. The van der Waals surface area contributed by atoms with Crippen LogP contribution in [-0.2, 0) is 9.59 Å². The van der Waals surface area contributed by atoms with Gasteiger partial charge in [0.25, 0.3) is 0 Å². The van der Waals surface area contributed by atoms with Crippen LogP contribution in [-0.4, -0.2) is 74.3 Å². The third-order valence-electron chi connectivity index (χ3n) is 2.97. The molecule has 2 fully saturated rings. The molecule has 2 saturated heterocycles. The number of piperidine rings is 1. The van der Waals surface area contributed by atoms with Gasteiger partial charge in [0.05, 0.1) is 12.6 Å². The predicted octanol–water partition coefficient (Wildman–Crippen LogP) is -4.27. The van der Waals surface area contributed by atoms with Gasteiger partial charge in [-0.25, -0.2) is 0 Å². The maximum absolute atomic E-state index is 11.4. The first-order valence-corrected chi connectivity index (χ1v) is 4.77. The second kappa shape index (κ2) is 3.67. The van der Waals surface area contributed by atoms with Crippen molar-refractivity contribution in [3.63, 3.8) is 0 Å². The summed E-state index contributed by atoms with van der Waals surface area (Å²) >= 11 is 0. The van der Waals surface area contributed by atoms with Gasteiger partial charge in [-0.1, -0.05) is 0 Å². The number of hydrogen-bond acceptors (Lipinski definition) is 6. The summed E-state index contributed by atoms with van der Waals surface area (Å²) in [7, 11) is 0. The first kappa shape index (κ1) is 11.3. The first-order valence-electron chi connectivity index (χ1n) is 4.77. The molecule has 0 bridgehead atoms. The van der Waals surface area contributed by atoms with E-state index in [9.17, 15) is 24.9 Å². The van der Waals surface area contributed by atoms with E-state index < -0.39 is 48.9 Å². The minimum Gasteiger partial charge on any atom is -0.394 e. The van der Waals surface area contributed by atoms with E-state index in [2.05, 4.69) is 5.32 Å². The normalized spacial score (nSPS) is 43.2. The Morgan fingerprint density at radius 2 is 1.75 bits per heavy atom. The maximum atomic E-state index is 11.4. The average Bonchev–Trinajstić information content (AvgIpc) is 2.55. The zero-order valence-electron chi connectivity index (χ0n) is 8.15. The van der Waals surface area contributed by atoms with Crippen molar-refractivity contribution >= 4 is 11.8 Å². The largest absolute Gasteiger partial charge is 0.394 e. The first-order chi connectivity index (χ1) is 7.49. The lowest BCUT2D eigenvalue weighted by Gasteiger charge is -2.44. The van der Waals surface area contributed by atoms with Gasteiger partial charge in [0, 0.05) is 0 Å². The number of nitrogens with one attached hydrogen (secondary N) is 1. The molecule has 2 amide bonds. The van der Waals surface area contributed by atoms with Crippen molar-refractivity contribution in [1.82, 2.24) is 10.2 Å². The van der Waals surface area contributed by atoms with Crippen molar-refractivity contribution in [2.75, 3.05) is 6.61 Å². The van der Waals surface area contributed by atoms with Crippen LogP contribution in [0.1, 0.15) is 0 Å². The van der Waals surface area contributed by atoms with Gasteiger partial charge in [0.2, 0.25) is 0 Å². The third kappa shape index (κ3) is 1.31. The third-order valence-corrected chi connectivity index (χ3v) is 2.97. The molecule has 0 aromatic carbocycles. The van der Waals surface area contributed by atoms with Gasteiger partial charge in [-0.3, -0.25) is 9.59 Å². The second-order valence-electron chi connectivity index (χ2n) is 3.85. The lowest BCUT2D eigenvalue weighted by Crippen LogP contribution is -2.68. The van der Waals surface area contributed by atoms with E-state index in [1.165, 1.54) is 0 Å². The molecule has 0 aliphatic carbocycles. The Balaban J connectivity index is 2.35. The van der Waals surface area contributed by atoms with Gasteiger partial charge in [-0.05, 0) is 0 Å². The standard InChI is InChI=1S/C8H12N2O6/c11-1-2-3(12)4(13)5(14)6-9-7(15)8(16)10(2)6/h2-6,11-14H,1H2,(H,9,15)/t2-,3-,4-,5-,6-/m0/s1. The summed E-state index contributed by atoms with van der Waals surface area (Å²) < 4.78 is 0. The van der Waals surface area contributed by atoms with Crippen molar-refractivity contribution in [2.45, 2.75) is 30.5 Å². The molecule has 8 heteroatoms. The molecule has 0 aromatic heterocycles. The Kier molecular flexibility index (Phi) is 2.58. The predicted molar refractivity (Wildman–Crippen MR) is 47.7 cm³/mol. The van der Waals surface area contributed by atoms with Gasteiger partial charge in [-0.15, -0.1) is 0 Å². The molecule has 16 heavy (non-hydrogen) atoms. The summed E-state index contributed by atoms with van der Waals surface area (Å²) in [5.74, 6) is -1.86. The van der Waals surface area contributed by atoms with Crippen molar-refractivity contribution in [3.05, 3.63) is 0 Å². The van der Waals surface area contributed by atoms with E-state index in [0.717, 1.165) is 4.90 Å². The monoisotopic (exact) mass is 232 g/mol. The zero-order chi connectivity index (χ0) is 12.0. The van der Waals surface area contributed by atoms with Gasteiger partial charge in [-0.2, -0.15) is 0 Å². The molecule has 0 aromatic rings. The van der Waals surface area contributed by atoms with E-state index in [1.807, 2.05) is 0 Å². The van der Waals surface area contributed by atoms with Crippen LogP contribution in [0.3, 0.4) is 0 Å². The molecule has 2 aliphatic heterocycles. The topological polar surface area (TPSA) is 130 Å². The number of fused-ring (bicyclic) bond motifs is 1. The number of nitrogens with zero attached hydrogens (tertiary/aromatic N) is 1. The molecule has 2 rings (SSSR count). The average molecular weight is 232 g/mol. The second-order valence-corrected chi connectivity index (χ2v) is 3.85. The molecule has 8 nitrogen and oxygen atoms in total. The molecule has 5 atom stereocenters. The van der Waals surface area contributed by atoms with Crippen LogP contribution >= 0.6 is 0 Å². The number of hydrogen-bond donors (Lipinski definition) is 5. The van der Waals surface area contributed by atoms with Crippen LogP contribution in [0.25, 0.3) is 0 Å². The Labute approximate surface area is 90.1 Å². The van der Waals surface area contributed by atoms with E-state index in [1.54, 1.807) is 0 Å². The van der Waals surface area contributed by atoms with Crippen molar-refractivity contribution in [2.24, 2.45) is 0 Å². The van der Waals surface area contributed by atoms with Gasteiger partial charge < -0.3 is 30.6 Å². The van der Waals surface area contributed by atoms with Crippen LogP contribution in [0.2, 0.25) is 0 Å². The highest BCUT2D eigenvalue weighted by atomic mass is 16.4. The van der Waals surface area contributed by atoms with Gasteiger partial charge in [0.15, 0.2) is 0 Å².